The summed E-state index contributed by atoms with van der Waals surface area (Å²) in [5.41, 5.74) is 5.21. The van der Waals surface area contributed by atoms with Crippen LogP contribution in [0.3, 0.4) is 0 Å². The largest absolute Gasteiger partial charge is 0.352 e. The smallest absolute Gasteiger partial charge is 0.257 e. The van der Waals surface area contributed by atoms with E-state index in [0.29, 0.717) is 28.2 Å². The third kappa shape index (κ3) is 2.11. The topological polar surface area (TPSA) is 59.3 Å². The number of rotatable bonds is 3. The number of carbonyl (C=O) groups excluding carboxylic acids is 1. The molecule has 5 rings (SSSR count). The number of benzene rings is 1. The van der Waals surface area contributed by atoms with Crippen molar-refractivity contribution in [1.82, 2.24) is 19.9 Å². The minimum absolute atomic E-state index is 0.0699. The van der Waals surface area contributed by atoms with E-state index < -0.39 is 0 Å². The summed E-state index contributed by atoms with van der Waals surface area (Å²) in [4.78, 5) is 17.0. The van der Waals surface area contributed by atoms with Gasteiger partial charge in [0.25, 0.3) is 5.91 Å². The normalized spacial score (nSPS) is 23.8. The van der Waals surface area contributed by atoms with E-state index in [9.17, 15) is 4.79 Å². The summed E-state index contributed by atoms with van der Waals surface area (Å²) in [7, 11) is 0. The molecule has 2 aliphatic carbocycles. The number of fused-ring (bicyclic) bond motifs is 3. The molecule has 1 N–H and O–H groups in total. The Morgan fingerprint density at radius 2 is 2.24 bits per heavy atom. The fourth-order valence-electron chi connectivity index (χ4n) is 4.57. The average molecular weight is 332 g/mol. The molecule has 0 saturated heterocycles. The van der Waals surface area contributed by atoms with Gasteiger partial charge in [-0.1, -0.05) is 24.3 Å². The zero-order chi connectivity index (χ0) is 17.0. The number of hydrogen-bond acceptors (Lipinski definition) is 3. The van der Waals surface area contributed by atoms with Gasteiger partial charge in [-0.05, 0) is 49.3 Å². The van der Waals surface area contributed by atoms with Crippen LogP contribution in [0.5, 0.6) is 0 Å². The van der Waals surface area contributed by atoms with E-state index in [0.717, 1.165) is 13.0 Å². The Bertz CT molecular complexity index is 992. The zero-order valence-electron chi connectivity index (χ0n) is 14.2. The molecule has 25 heavy (non-hydrogen) atoms. The van der Waals surface area contributed by atoms with Crippen molar-refractivity contribution in [2.24, 2.45) is 5.92 Å². The molecule has 2 atom stereocenters. The zero-order valence-corrected chi connectivity index (χ0v) is 14.2. The minimum atomic E-state index is -0.0699. The molecule has 0 bridgehead atoms. The van der Waals surface area contributed by atoms with Crippen LogP contribution >= 0.6 is 0 Å². The second-order valence-electron chi connectivity index (χ2n) is 7.27. The third-order valence-corrected chi connectivity index (χ3v) is 5.93. The van der Waals surface area contributed by atoms with Gasteiger partial charge in [-0.15, -0.1) is 0 Å². The van der Waals surface area contributed by atoms with Crippen LogP contribution in [0.2, 0.25) is 0 Å². The van der Waals surface area contributed by atoms with Gasteiger partial charge in [0.15, 0.2) is 5.65 Å². The summed E-state index contributed by atoms with van der Waals surface area (Å²) in [5.74, 6) is 0.467. The predicted molar refractivity (Wildman–Crippen MR) is 94.6 cm³/mol. The van der Waals surface area contributed by atoms with E-state index in [1.807, 2.05) is 19.2 Å². The molecule has 1 fully saturated rings. The van der Waals surface area contributed by atoms with Gasteiger partial charge in [-0.3, -0.25) is 4.79 Å². The van der Waals surface area contributed by atoms with Gasteiger partial charge in [0.1, 0.15) is 5.56 Å². The molecule has 2 aromatic heterocycles. The molecular formula is C20H20N4O. The van der Waals surface area contributed by atoms with Gasteiger partial charge in [0, 0.05) is 24.4 Å². The average Bonchev–Trinajstić information content (AvgIpc) is 3.04. The molecule has 126 valence electrons. The Balaban J connectivity index is 1.33. The molecule has 1 saturated carbocycles. The van der Waals surface area contributed by atoms with E-state index in [1.54, 1.807) is 10.7 Å². The van der Waals surface area contributed by atoms with Crippen LogP contribution in [0.15, 0.2) is 42.7 Å². The van der Waals surface area contributed by atoms with E-state index in [1.165, 1.54) is 24.0 Å². The van der Waals surface area contributed by atoms with Gasteiger partial charge in [0.05, 0.1) is 5.69 Å². The number of nitrogens with one attached hydrogen (secondary N) is 1. The first-order valence-electron chi connectivity index (χ1n) is 8.85. The quantitative estimate of drug-likeness (QED) is 0.802. The number of nitrogens with zero attached hydrogens (tertiary/aromatic N) is 3. The molecule has 3 aromatic rings. The number of aromatic nitrogens is 3. The van der Waals surface area contributed by atoms with Gasteiger partial charge in [-0.2, -0.15) is 5.10 Å². The lowest BCUT2D eigenvalue weighted by Crippen LogP contribution is -2.28. The van der Waals surface area contributed by atoms with E-state index in [-0.39, 0.29) is 5.91 Å². The maximum atomic E-state index is 12.7. The third-order valence-electron chi connectivity index (χ3n) is 5.93. The lowest BCUT2D eigenvalue weighted by Gasteiger charge is -2.12. The van der Waals surface area contributed by atoms with Crippen molar-refractivity contribution in [3.05, 3.63) is 65.1 Å². The van der Waals surface area contributed by atoms with Crippen molar-refractivity contribution in [3.63, 3.8) is 0 Å². The molecule has 2 heterocycles. The van der Waals surface area contributed by atoms with Crippen LogP contribution in [0.25, 0.3) is 5.65 Å². The molecular weight excluding hydrogens is 312 g/mol. The maximum absolute atomic E-state index is 12.7. The lowest BCUT2D eigenvalue weighted by molar-refractivity contribution is 0.0952. The molecule has 5 nitrogen and oxygen atoms in total. The van der Waals surface area contributed by atoms with Crippen LogP contribution in [0.1, 0.15) is 40.0 Å². The second-order valence-corrected chi connectivity index (χ2v) is 7.27. The van der Waals surface area contributed by atoms with Crippen molar-refractivity contribution in [2.45, 2.75) is 31.6 Å². The summed E-state index contributed by atoms with van der Waals surface area (Å²) >= 11 is 0. The predicted octanol–water partition coefficient (Wildman–Crippen LogP) is 2.67. The summed E-state index contributed by atoms with van der Waals surface area (Å²) in [6.07, 6.45) is 7.06. The highest BCUT2D eigenvalue weighted by Gasteiger charge is 2.57. The van der Waals surface area contributed by atoms with Crippen LogP contribution in [-0.2, 0) is 11.8 Å². The highest BCUT2D eigenvalue weighted by Crippen LogP contribution is 2.61. The molecule has 1 spiro atoms. The number of aryl methyl sites for hydroxylation is 2. The first-order chi connectivity index (χ1) is 12.2. The Labute approximate surface area is 146 Å². The first kappa shape index (κ1) is 14.6. The SMILES string of the molecule is Cc1nn2cccnc2c1C(=O)NC[C@H]1C[C@]12CCc1ccccc12. The Morgan fingerprint density at radius 1 is 1.36 bits per heavy atom. The van der Waals surface area contributed by atoms with Crippen molar-refractivity contribution < 1.29 is 4.79 Å². The molecule has 0 aliphatic heterocycles. The highest BCUT2D eigenvalue weighted by atomic mass is 16.1. The van der Waals surface area contributed by atoms with Crippen molar-refractivity contribution >= 4 is 11.6 Å². The molecule has 5 heteroatoms. The Morgan fingerprint density at radius 3 is 3.16 bits per heavy atom. The van der Waals surface area contributed by atoms with Crippen LogP contribution < -0.4 is 5.32 Å². The molecule has 0 radical (unpaired) electrons. The van der Waals surface area contributed by atoms with E-state index in [4.69, 9.17) is 0 Å². The first-order valence-corrected chi connectivity index (χ1v) is 8.85. The van der Waals surface area contributed by atoms with E-state index in [2.05, 4.69) is 39.7 Å². The fourth-order valence-corrected chi connectivity index (χ4v) is 4.57. The Kier molecular flexibility index (Phi) is 3.02. The number of hydrogen-bond donors (Lipinski definition) is 1. The molecule has 1 aromatic carbocycles. The molecule has 1 amide bonds. The standard InChI is InChI=1S/C20H20N4O/c1-13-17(18-21-9-4-10-24(18)23-13)19(25)22-12-15-11-20(15)8-7-14-5-2-3-6-16(14)20/h2-6,9-10,15H,7-8,11-12H2,1H3,(H,22,25)/t15-,20-/m1/s1. The van der Waals surface area contributed by atoms with Gasteiger partial charge in [0.2, 0.25) is 0 Å². The summed E-state index contributed by atoms with van der Waals surface area (Å²) < 4.78 is 1.66. The number of amides is 1. The second kappa shape index (κ2) is 5.15. The maximum Gasteiger partial charge on any atom is 0.257 e. The fraction of sp³-hybridized carbons (Fsp3) is 0.350. The molecule has 0 unspecified atom stereocenters. The number of carbonyl (C=O) groups is 1. The summed E-state index contributed by atoms with van der Waals surface area (Å²) in [6.45, 7) is 2.58. The minimum Gasteiger partial charge on any atom is -0.352 e. The highest BCUT2D eigenvalue weighted by molar-refractivity contribution is 6.01. The Hall–Kier alpha value is -2.69. The summed E-state index contributed by atoms with van der Waals surface area (Å²) in [5, 5.41) is 7.50. The van der Waals surface area contributed by atoms with Gasteiger partial charge in [-0.25, -0.2) is 9.50 Å². The lowest BCUT2D eigenvalue weighted by atomic mass is 9.95. The van der Waals surface area contributed by atoms with Crippen LogP contribution in [0, 0.1) is 12.8 Å². The van der Waals surface area contributed by atoms with Crippen LogP contribution in [0.4, 0.5) is 0 Å². The van der Waals surface area contributed by atoms with Gasteiger partial charge < -0.3 is 5.32 Å². The van der Waals surface area contributed by atoms with Crippen molar-refractivity contribution in [3.8, 4) is 0 Å². The van der Waals surface area contributed by atoms with Crippen LogP contribution in [-0.4, -0.2) is 27.0 Å². The monoisotopic (exact) mass is 332 g/mol. The van der Waals surface area contributed by atoms with E-state index >= 15 is 0 Å². The van der Waals surface area contributed by atoms with Crippen molar-refractivity contribution in [1.29, 1.82) is 0 Å². The van der Waals surface area contributed by atoms with Gasteiger partial charge >= 0.3 is 0 Å². The van der Waals surface area contributed by atoms with Crippen molar-refractivity contribution in [2.75, 3.05) is 6.54 Å². The molecule has 2 aliphatic rings. The summed E-state index contributed by atoms with van der Waals surface area (Å²) in [6, 6.07) is 10.6.